The van der Waals surface area contributed by atoms with E-state index in [2.05, 4.69) is 36.0 Å². The Hall–Kier alpha value is -4.29. The number of nitrogens with zero attached hydrogens (tertiary/aromatic N) is 6. The number of aromatic nitrogens is 6. The molecule has 0 aliphatic heterocycles. The molecule has 5 rings (SSSR count). The molecule has 2 aromatic heterocycles. The SMILES string of the molecule is Cc1[nH]n(-c2cccc(C(F)(F)F)c2)c(=O)c1N=Nc1cccc(C2(c3nn[nH]n3)CCCCC2)c1O. The molecular weight excluding hydrogens is 489 g/mol. The van der Waals surface area contributed by atoms with Crippen LogP contribution in [0.25, 0.3) is 5.69 Å². The van der Waals surface area contributed by atoms with Crippen molar-refractivity contribution in [3.8, 4) is 11.4 Å². The van der Waals surface area contributed by atoms with Crippen molar-refractivity contribution in [1.29, 1.82) is 0 Å². The number of azo groups is 1. The lowest BCUT2D eigenvalue weighted by atomic mass is 9.68. The number of hydrogen-bond acceptors (Lipinski definition) is 7. The van der Waals surface area contributed by atoms with Gasteiger partial charge in [-0.2, -0.15) is 18.4 Å². The lowest BCUT2D eigenvalue weighted by molar-refractivity contribution is -0.137. The summed E-state index contributed by atoms with van der Waals surface area (Å²) in [5.41, 5.74) is -1.24. The van der Waals surface area contributed by atoms with Gasteiger partial charge in [-0.3, -0.25) is 9.89 Å². The van der Waals surface area contributed by atoms with Crippen LogP contribution in [0.15, 0.2) is 57.5 Å². The number of phenols is 1. The molecule has 10 nitrogen and oxygen atoms in total. The Morgan fingerprint density at radius 3 is 2.54 bits per heavy atom. The first kappa shape index (κ1) is 24.4. The minimum Gasteiger partial charge on any atom is -0.505 e. The molecule has 4 aromatic rings. The normalized spacial score (nSPS) is 15.9. The highest BCUT2D eigenvalue weighted by Gasteiger charge is 2.42. The van der Waals surface area contributed by atoms with Crippen LogP contribution in [0.1, 0.15) is 54.7 Å². The van der Waals surface area contributed by atoms with Crippen molar-refractivity contribution in [3.05, 3.63) is 75.5 Å². The number of hydrogen-bond donors (Lipinski definition) is 3. The number of phenolic OH excluding ortho intramolecular Hbond substituents is 1. The minimum absolute atomic E-state index is 0.00794. The van der Waals surface area contributed by atoms with Gasteiger partial charge in [-0.25, -0.2) is 4.68 Å². The fraction of sp³-hybridized carbons (Fsp3) is 0.333. The molecule has 0 unspecified atom stereocenters. The number of alkyl halides is 3. The molecule has 0 amide bonds. The number of aromatic amines is 2. The van der Waals surface area contributed by atoms with E-state index in [4.69, 9.17) is 0 Å². The highest BCUT2D eigenvalue weighted by Crippen LogP contribution is 2.48. The minimum atomic E-state index is -4.55. The van der Waals surface area contributed by atoms with E-state index in [0.29, 0.717) is 17.1 Å². The molecule has 192 valence electrons. The fourth-order valence-electron chi connectivity index (χ4n) is 4.89. The molecule has 2 aromatic carbocycles. The Morgan fingerprint density at radius 2 is 1.84 bits per heavy atom. The van der Waals surface area contributed by atoms with E-state index in [0.717, 1.165) is 48.9 Å². The second-order valence-electron chi connectivity index (χ2n) is 9.03. The van der Waals surface area contributed by atoms with Gasteiger partial charge in [0.05, 0.1) is 22.4 Å². The maximum Gasteiger partial charge on any atom is 0.416 e. The number of aryl methyl sites for hydroxylation is 1. The smallest absolute Gasteiger partial charge is 0.416 e. The van der Waals surface area contributed by atoms with Gasteiger partial charge in [0.2, 0.25) is 0 Å². The van der Waals surface area contributed by atoms with Crippen molar-refractivity contribution in [3.63, 3.8) is 0 Å². The Kier molecular flexibility index (Phi) is 6.13. The van der Waals surface area contributed by atoms with Gasteiger partial charge in [0, 0.05) is 5.56 Å². The van der Waals surface area contributed by atoms with Crippen LogP contribution in [0.4, 0.5) is 24.5 Å². The second-order valence-corrected chi connectivity index (χ2v) is 9.03. The third-order valence-electron chi connectivity index (χ3n) is 6.74. The van der Waals surface area contributed by atoms with Crippen LogP contribution in [0.3, 0.4) is 0 Å². The van der Waals surface area contributed by atoms with Crippen LogP contribution in [0, 0.1) is 6.92 Å². The van der Waals surface area contributed by atoms with Gasteiger partial charge >= 0.3 is 6.18 Å². The van der Waals surface area contributed by atoms with Gasteiger partial charge in [0.25, 0.3) is 5.56 Å². The average Bonchev–Trinajstić information content (AvgIpc) is 3.52. The number of rotatable bonds is 5. The third kappa shape index (κ3) is 4.41. The Labute approximate surface area is 208 Å². The molecule has 3 N–H and O–H groups in total. The number of para-hydroxylation sites is 1. The number of benzene rings is 2. The van der Waals surface area contributed by atoms with Crippen LogP contribution in [-0.4, -0.2) is 35.5 Å². The van der Waals surface area contributed by atoms with Gasteiger partial charge in [0.15, 0.2) is 11.5 Å². The van der Waals surface area contributed by atoms with Crippen molar-refractivity contribution >= 4 is 11.4 Å². The largest absolute Gasteiger partial charge is 0.505 e. The van der Waals surface area contributed by atoms with E-state index in [1.54, 1.807) is 25.1 Å². The summed E-state index contributed by atoms with van der Waals surface area (Å²) in [5.74, 6) is 0.381. The molecular formula is C24H23F3N8O2. The van der Waals surface area contributed by atoms with Gasteiger partial charge in [-0.05, 0) is 44.0 Å². The first-order valence-corrected chi connectivity index (χ1v) is 11.7. The number of nitrogens with one attached hydrogen (secondary N) is 2. The van der Waals surface area contributed by atoms with E-state index in [1.807, 2.05) is 0 Å². The zero-order valence-corrected chi connectivity index (χ0v) is 19.7. The fourth-order valence-corrected chi connectivity index (χ4v) is 4.89. The quantitative estimate of drug-likeness (QED) is 0.309. The zero-order valence-electron chi connectivity index (χ0n) is 19.7. The molecule has 1 aliphatic rings. The van der Waals surface area contributed by atoms with Crippen LogP contribution in [0.2, 0.25) is 0 Å². The molecule has 1 aliphatic carbocycles. The summed E-state index contributed by atoms with van der Waals surface area (Å²) in [6.07, 6.45) is -0.193. The zero-order chi connectivity index (χ0) is 26.2. The first-order chi connectivity index (χ1) is 17.7. The Morgan fingerprint density at radius 1 is 1.08 bits per heavy atom. The second kappa shape index (κ2) is 9.30. The molecule has 1 saturated carbocycles. The maximum atomic E-state index is 13.1. The van der Waals surface area contributed by atoms with Crippen molar-refractivity contribution in [2.24, 2.45) is 10.2 Å². The molecule has 0 spiro atoms. The summed E-state index contributed by atoms with van der Waals surface area (Å²) in [4.78, 5) is 13.0. The van der Waals surface area contributed by atoms with Gasteiger partial charge < -0.3 is 5.11 Å². The van der Waals surface area contributed by atoms with Crippen molar-refractivity contribution < 1.29 is 18.3 Å². The maximum absolute atomic E-state index is 13.1. The van der Waals surface area contributed by atoms with Gasteiger partial charge in [0.1, 0.15) is 11.4 Å². The average molecular weight is 512 g/mol. The van der Waals surface area contributed by atoms with E-state index < -0.39 is 22.7 Å². The number of halogens is 3. The van der Waals surface area contributed by atoms with E-state index in [9.17, 15) is 23.1 Å². The summed E-state index contributed by atoms with van der Waals surface area (Å²) >= 11 is 0. The molecule has 37 heavy (non-hydrogen) atoms. The molecule has 0 bridgehead atoms. The molecule has 2 heterocycles. The summed E-state index contributed by atoms with van der Waals surface area (Å²) in [6.45, 7) is 1.56. The topological polar surface area (TPSA) is 137 Å². The highest BCUT2D eigenvalue weighted by atomic mass is 19.4. The predicted octanol–water partition coefficient (Wildman–Crippen LogP) is 5.38. The summed E-state index contributed by atoms with van der Waals surface area (Å²) in [7, 11) is 0. The van der Waals surface area contributed by atoms with E-state index >= 15 is 0 Å². The molecule has 0 radical (unpaired) electrons. The van der Waals surface area contributed by atoms with Crippen molar-refractivity contribution in [2.45, 2.75) is 50.6 Å². The number of tetrazole rings is 1. The summed E-state index contributed by atoms with van der Waals surface area (Å²) in [5, 5.41) is 36.7. The first-order valence-electron chi connectivity index (χ1n) is 11.7. The standard InChI is InChI=1S/C24H23F3N8O2/c1-14-19(21(37)35(32-14)16-8-5-7-15(13-16)24(25,26)27)29-28-18-10-6-9-17(20(18)36)23(11-3-2-4-12-23)22-30-33-34-31-22/h5-10,13,32,36H,2-4,11-12H2,1H3,(H,30,31,33,34). The van der Waals surface area contributed by atoms with Crippen molar-refractivity contribution in [1.82, 2.24) is 30.4 Å². The third-order valence-corrected chi connectivity index (χ3v) is 6.74. The monoisotopic (exact) mass is 512 g/mol. The van der Waals surface area contributed by atoms with E-state index in [-0.39, 0.29) is 22.8 Å². The Bertz CT molecular complexity index is 1500. The number of H-pyrrole nitrogens is 2. The number of aromatic hydroxyl groups is 1. The lowest BCUT2D eigenvalue weighted by Gasteiger charge is -2.35. The lowest BCUT2D eigenvalue weighted by Crippen LogP contribution is -2.32. The predicted molar refractivity (Wildman–Crippen MR) is 126 cm³/mol. The Balaban J connectivity index is 1.51. The van der Waals surface area contributed by atoms with Crippen LogP contribution < -0.4 is 5.56 Å². The summed E-state index contributed by atoms with van der Waals surface area (Å²) in [6, 6.07) is 9.47. The highest BCUT2D eigenvalue weighted by molar-refractivity contribution is 5.59. The van der Waals surface area contributed by atoms with Crippen LogP contribution in [-0.2, 0) is 11.6 Å². The summed E-state index contributed by atoms with van der Waals surface area (Å²) < 4.78 is 40.4. The molecule has 13 heteroatoms. The van der Waals surface area contributed by atoms with Crippen LogP contribution in [0.5, 0.6) is 5.75 Å². The van der Waals surface area contributed by atoms with Gasteiger partial charge in [-0.1, -0.05) is 42.7 Å². The van der Waals surface area contributed by atoms with E-state index in [1.165, 1.54) is 12.1 Å². The molecule has 0 saturated heterocycles. The van der Waals surface area contributed by atoms with Crippen molar-refractivity contribution in [2.75, 3.05) is 0 Å². The molecule has 1 fully saturated rings. The molecule has 0 atom stereocenters. The van der Waals surface area contributed by atoms with Gasteiger partial charge in [-0.15, -0.1) is 20.4 Å². The van der Waals surface area contributed by atoms with Crippen LogP contribution >= 0.6 is 0 Å².